The molecule has 0 unspecified atom stereocenters. The molecule has 0 aromatic heterocycles. The Hall–Kier alpha value is -3.67. The van der Waals surface area contributed by atoms with Crippen molar-refractivity contribution in [3.05, 3.63) is 82.2 Å². The van der Waals surface area contributed by atoms with Crippen LogP contribution in [-0.2, 0) is 14.4 Å². The summed E-state index contributed by atoms with van der Waals surface area (Å²) < 4.78 is 5.98. The van der Waals surface area contributed by atoms with E-state index in [9.17, 15) is 14.4 Å². The van der Waals surface area contributed by atoms with Crippen LogP contribution in [0.3, 0.4) is 0 Å². The van der Waals surface area contributed by atoms with Crippen molar-refractivity contribution in [2.75, 3.05) is 11.9 Å². The number of para-hydroxylation sites is 1. The molecular formula is C28H28N2O4. The van der Waals surface area contributed by atoms with Gasteiger partial charge in [0.1, 0.15) is 5.75 Å². The first-order valence-electron chi connectivity index (χ1n) is 11.9. The van der Waals surface area contributed by atoms with Gasteiger partial charge in [-0.05, 0) is 50.8 Å². The zero-order valence-electron chi connectivity index (χ0n) is 19.3. The summed E-state index contributed by atoms with van der Waals surface area (Å²) in [6.45, 7) is 1.82. The van der Waals surface area contributed by atoms with E-state index >= 15 is 0 Å². The molecule has 1 amide bonds. The predicted octanol–water partition coefficient (Wildman–Crippen LogP) is 4.71. The number of ketones is 2. The van der Waals surface area contributed by atoms with Crippen molar-refractivity contribution in [2.24, 2.45) is 0 Å². The Balaban J connectivity index is 1.45. The van der Waals surface area contributed by atoms with Crippen LogP contribution in [0, 0.1) is 6.92 Å². The van der Waals surface area contributed by atoms with Gasteiger partial charge in [0, 0.05) is 52.6 Å². The summed E-state index contributed by atoms with van der Waals surface area (Å²) in [5, 5.41) is 6.27. The van der Waals surface area contributed by atoms with Gasteiger partial charge in [0.2, 0.25) is 0 Å². The van der Waals surface area contributed by atoms with E-state index in [2.05, 4.69) is 10.6 Å². The van der Waals surface area contributed by atoms with Gasteiger partial charge in [-0.3, -0.25) is 14.4 Å². The first-order valence-corrected chi connectivity index (χ1v) is 11.9. The number of dihydropyridines is 1. The largest absolute Gasteiger partial charge is 0.483 e. The average molecular weight is 457 g/mol. The summed E-state index contributed by atoms with van der Waals surface area (Å²) in [4.78, 5) is 38.7. The molecule has 5 rings (SSSR count). The van der Waals surface area contributed by atoms with Gasteiger partial charge in [-0.1, -0.05) is 35.9 Å². The lowest BCUT2D eigenvalue weighted by atomic mass is 9.71. The molecule has 0 saturated carbocycles. The number of hydrogen-bond donors (Lipinski definition) is 2. The van der Waals surface area contributed by atoms with Gasteiger partial charge in [-0.15, -0.1) is 0 Å². The molecule has 0 radical (unpaired) electrons. The van der Waals surface area contributed by atoms with E-state index in [1.165, 1.54) is 0 Å². The number of aryl methyl sites for hydroxylation is 1. The highest BCUT2D eigenvalue weighted by atomic mass is 16.5. The molecule has 1 aliphatic heterocycles. The third kappa shape index (κ3) is 4.28. The normalized spacial score (nSPS) is 18.3. The summed E-state index contributed by atoms with van der Waals surface area (Å²) in [7, 11) is 0. The number of nitrogens with one attached hydrogen (secondary N) is 2. The average Bonchev–Trinajstić information content (AvgIpc) is 2.83. The molecule has 0 spiro atoms. The monoisotopic (exact) mass is 456 g/mol. The SMILES string of the molecule is Cc1ccc(NC(=O)COc2ccccc2C2C3=C(CCCC3=O)NC3=C2C(=O)CCC3)cc1. The van der Waals surface area contributed by atoms with E-state index in [-0.39, 0.29) is 24.1 Å². The fourth-order valence-electron chi connectivity index (χ4n) is 5.12. The highest BCUT2D eigenvalue weighted by Crippen LogP contribution is 2.47. The number of carbonyl (C=O) groups excluding carboxylic acids is 3. The minimum Gasteiger partial charge on any atom is -0.483 e. The highest BCUT2D eigenvalue weighted by Gasteiger charge is 2.41. The summed E-state index contributed by atoms with van der Waals surface area (Å²) >= 11 is 0. The molecule has 34 heavy (non-hydrogen) atoms. The van der Waals surface area contributed by atoms with Crippen molar-refractivity contribution in [3.63, 3.8) is 0 Å². The van der Waals surface area contributed by atoms with Crippen LogP contribution in [0.2, 0.25) is 0 Å². The van der Waals surface area contributed by atoms with Crippen LogP contribution >= 0.6 is 0 Å². The van der Waals surface area contributed by atoms with Gasteiger partial charge >= 0.3 is 0 Å². The van der Waals surface area contributed by atoms with Crippen molar-refractivity contribution in [2.45, 2.75) is 51.4 Å². The first-order chi connectivity index (χ1) is 16.5. The molecule has 3 aliphatic rings. The maximum Gasteiger partial charge on any atom is 0.262 e. The Kier molecular flexibility index (Phi) is 6.05. The number of amides is 1. The Morgan fingerprint density at radius 3 is 2.18 bits per heavy atom. The van der Waals surface area contributed by atoms with Gasteiger partial charge in [0.15, 0.2) is 18.2 Å². The molecule has 6 heteroatoms. The number of ether oxygens (including phenoxy) is 1. The minimum absolute atomic E-state index is 0.0793. The first kappa shape index (κ1) is 22.1. The Morgan fingerprint density at radius 2 is 1.53 bits per heavy atom. The van der Waals surface area contributed by atoms with Crippen LogP contribution in [-0.4, -0.2) is 24.1 Å². The number of Topliss-reactive ketones (excluding diaryl/α,β-unsaturated/α-hetero) is 2. The maximum absolute atomic E-state index is 13.1. The van der Waals surface area contributed by atoms with Crippen LogP contribution in [0.25, 0.3) is 0 Å². The van der Waals surface area contributed by atoms with Crippen molar-refractivity contribution in [1.82, 2.24) is 5.32 Å². The Morgan fingerprint density at radius 1 is 0.912 bits per heavy atom. The van der Waals surface area contributed by atoms with Crippen molar-refractivity contribution in [1.29, 1.82) is 0 Å². The standard InChI is InChI=1S/C28H28N2O4/c1-17-12-14-18(15-13-17)29-25(33)16-34-24-11-3-2-6-19(24)26-27-20(7-4-9-22(27)31)30-21-8-5-10-23(32)28(21)26/h2-3,6,11-15,26,30H,4-5,7-10,16H2,1H3,(H,29,33). The molecule has 2 aromatic rings. The van der Waals surface area contributed by atoms with Gasteiger partial charge < -0.3 is 15.4 Å². The summed E-state index contributed by atoms with van der Waals surface area (Å²) in [6, 6.07) is 15.0. The van der Waals surface area contributed by atoms with E-state index in [1.54, 1.807) is 6.07 Å². The fourth-order valence-corrected chi connectivity index (χ4v) is 5.12. The zero-order valence-corrected chi connectivity index (χ0v) is 19.3. The fraction of sp³-hybridized carbons (Fsp3) is 0.321. The lowest BCUT2D eigenvalue weighted by Gasteiger charge is -2.37. The zero-order chi connectivity index (χ0) is 23.7. The molecule has 2 aromatic carbocycles. The summed E-state index contributed by atoms with van der Waals surface area (Å²) in [5.74, 6) is -0.0513. The van der Waals surface area contributed by atoms with Gasteiger partial charge in [0.25, 0.3) is 5.91 Å². The molecule has 0 bridgehead atoms. The lowest BCUT2D eigenvalue weighted by molar-refractivity contribution is -0.119. The quantitative estimate of drug-likeness (QED) is 0.681. The molecule has 6 nitrogen and oxygen atoms in total. The van der Waals surface area contributed by atoms with Crippen molar-refractivity contribution in [3.8, 4) is 5.75 Å². The maximum atomic E-state index is 13.1. The third-order valence-electron chi connectivity index (χ3n) is 6.72. The van der Waals surface area contributed by atoms with Gasteiger partial charge in [-0.25, -0.2) is 0 Å². The third-order valence-corrected chi connectivity index (χ3v) is 6.72. The van der Waals surface area contributed by atoms with Gasteiger partial charge in [0.05, 0.1) is 0 Å². The molecule has 2 N–H and O–H groups in total. The number of hydrogen-bond acceptors (Lipinski definition) is 5. The topological polar surface area (TPSA) is 84.5 Å². The summed E-state index contributed by atoms with van der Waals surface area (Å²) in [6.07, 6.45) is 4.18. The number of allylic oxidation sites excluding steroid dienone is 4. The van der Waals surface area contributed by atoms with E-state index in [1.807, 2.05) is 49.4 Å². The Bertz CT molecular complexity index is 1180. The molecular weight excluding hydrogens is 428 g/mol. The molecule has 0 fully saturated rings. The molecule has 174 valence electrons. The minimum atomic E-state index is -0.455. The van der Waals surface area contributed by atoms with E-state index < -0.39 is 5.92 Å². The number of benzene rings is 2. The van der Waals surface area contributed by atoms with Crippen LogP contribution < -0.4 is 15.4 Å². The highest BCUT2D eigenvalue weighted by molar-refractivity contribution is 6.06. The van der Waals surface area contributed by atoms with E-state index in [4.69, 9.17) is 4.74 Å². The van der Waals surface area contributed by atoms with E-state index in [0.717, 1.165) is 48.2 Å². The second-order valence-corrected chi connectivity index (χ2v) is 9.14. The second kappa shape index (κ2) is 9.29. The predicted molar refractivity (Wildman–Crippen MR) is 129 cm³/mol. The number of rotatable bonds is 5. The van der Waals surface area contributed by atoms with E-state index in [0.29, 0.717) is 35.4 Å². The molecule has 0 atom stereocenters. The molecule has 1 heterocycles. The molecule has 0 saturated heterocycles. The second-order valence-electron chi connectivity index (χ2n) is 9.14. The van der Waals surface area contributed by atoms with Crippen LogP contribution in [0.1, 0.15) is 55.6 Å². The van der Waals surface area contributed by atoms with Crippen LogP contribution in [0.15, 0.2) is 71.1 Å². The van der Waals surface area contributed by atoms with Crippen molar-refractivity contribution < 1.29 is 19.1 Å². The van der Waals surface area contributed by atoms with Crippen LogP contribution in [0.4, 0.5) is 5.69 Å². The Labute approximate surface area is 199 Å². The summed E-state index contributed by atoms with van der Waals surface area (Å²) in [5.41, 5.74) is 5.81. The smallest absolute Gasteiger partial charge is 0.262 e. The number of carbonyl (C=O) groups is 3. The van der Waals surface area contributed by atoms with Crippen LogP contribution in [0.5, 0.6) is 5.75 Å². The van der Waals surface area contributed by atoms with Crippen molar-refractivity contribution >= 4 is 23.2 Å². The van der Waals surface area contributed by atoms with Gasteiger partial charge in [-0.2, -0.15) is 0 Å². The number of anilines is 1. The lowest BCUT2D eigenvalue weighted by Crippen LogP contribution is -2.36. The molecule has 2 aliphatic carbocycles.